The number of amides is 1. The highest BCUT2D eigenvalue weighted by Gasteiger charge is 2.58. The average Bonchev–Trinajstić information content (AvgIpc) is 2.66. The number of ether oxygens (including phenoxy) is 1. The van der Waals surface area contributed by atoms with Crippen LogP contribution in [-0.4, -0.2) is 35.5 Å². The van der Waals surface area contributed by atoms with Crippen molar-refractivity contribution in [2.45, 2.75) is 31.7 Å². The van der Waals surface area contributed by atoms with Crippen LogP contribution in [0.25, 0.3) is 0 Å². The highest BCUT2D eigenvalue weighted by molar-refractivity contribution is 5.93. The molecule has 0 radical (unpaired) electrons. The minimum Gasteiger partial charge on any atom is -0.464 e. The van der Waals surface area contributed by atoms with Gasteiger partial charge in [0.05, 0.1) is 19.6 Å². The molecule has 0 saturated carbocycles. The molecule has 15 heavy (non-hydrogen) atoms. The number of fused-ring (bicyclic) bond motifs is 1. The first-order chi connectivity index (χ1) is 7.10. The molecule has 80 valence electrons. The van der Waals surface area contributed by atoms with Crippen LogP contribution in [0, 0.1) is 6.58 Å². The fraction of sp³-hybridized carbons (Fsp3) is 0.636. The summed E-state index contributed by atoms with van der Waals surface area (Å²) in [6.45, 7) is 8.22. The number of carbonyl (C=O) groups is 2. The molecule has 2 saturated heterocycles. The molecule has 4 nitrogen and oxygen atoms in total. The van der Waals surface area contributed by atoms with E-state index < -0.39 is 5.54 Å². The van der Waals surface area contributed by atoms with Crippen LogP contribution in [-0.2, 0) is 14.3 Å². The van der Waals surface area contributed by atoms with E-state index in [1.165, 1.54) is 0 Å². The summed E-state index contributed by atoms with van der Waals surface area (Å²) in [7, 11) is 0. The number of hydrogen-bond donors (Lipinski definition) is 0. The lowest BCUT2D eigenvalue weighted by Crippen LogP contribution is -2.48. The zero-order valence-corrected chi connectivity index (χ0v) is 8.78. The van der Waals surface area contributed by atoms with Gasteiger partial charge in [-0.05, 0) is 13.3 Å². The molecule has 2 aliphatic rings. The van der Waals surface area contributed by atoms with Gasteiger partial charge in [-0.1, -0.05) is 0 Å². The predicted octanol–water partition coefficient (Wildman–Crippen LogP) is 0.674. The van der Waals surface area contributed by atoms with Gasteiger partial charge >= 0.3 is 5.97 Å². The van der Waals surface area contributed by atoms with Gasteiger partial charge in [0, 0.05) is 6.42 Å². The summed E-state index contributed by atoms with van der Waals surface area (Å²) < 4.78 is 5.03. The van der Waals surface area contributed by atoms with Crippen molar-refractivity contribution in [3.8, 4) is 0 Å². The number of rotatable bonds is 2. The van der Waals surface area contributed by atoms with E-state index in [1.807, 2.05) is 0 Å². The highest BCUT2D eigenvalue weighted by atomic mass is 16.5. The Bertz CT molecular complexity index is 337. The molecular weight excluding hydrogens is 194 g/mol. The molecule has 2 aliphatic heterocycles. The molecule has 0 aromatic carbocycles. The van der Waals surface area contributed by atoms with Crippen LogP contribution in [0.15, 0.2) is 5.57 Å². The third-order valence-corrected chi connectivity index (χ3v) is 3.11. The van der Waals surface area contributed by atoms with Crippen molar-refractivity contribution in [1.82, 2.24) is 4.90 Å². The van der Waals surface area contributed by atoms with Crippen LogP contribution in [0.2, 0.25) is 0 Å². The molecule has 2 heterocycles. The van der Waals surface area contributed by atoms with E-state index in [0.717, 1.165) is 0 Å². The van der Waals surface area contributed by atoms with Gasteiger partial charge in [-0.15, -0.1) is 0 Å². The van der Waals surface area contributed by atoms with Crippen molar-refractivity contribution in [3.05, 3.63) is 12.2 Å². The fourth-order valence-corrected chi connectivity index (χ4v) is 2.43. The Morgan fingerprint density at radius 1 is 1.67 bits per heavy atom. The first-order valence-corrected chi connectivity index (χ1v) is 5.18. The van der Waals surface area contributed by atoms with Crippen molar-refractivity contribution >= 4 is 11.9 Å². The number of hydrogen-bond acceptors (Lipinski definition) is 3. The van der Waals surface area contributed by atoms with Crippen LogP contribution in [0.5, 0.6) is 0 Å². The minimum absolute atomic E-state index is 0.00324. The maximum atomic E-state index is 11.9. The molecule has 4 heteroatoms. The van der Waals surface area contributed by atoms with Crippen LogP contribution in [0.1, 0.15) is 26.2 Å². The van der Waals surface area contributed by atoms with Gasteiger partial charge in [0.1, 0.15) is 5.54 Å². The molecule has 2 fully saturated rings. The van der Waals surface area contributed by atoms with E-state index in [9.17, 15) is 9.59 Å². The standard InChI is InChI=1S/C11H14NO3/c1-3-15-10(14)11-5-4-9(13)12(11)7-8(2)6-11/h2H,3-7H2,1H3/q+1/t11-/m1/s1. The van der Waals surface area contributed by atoms with Crippen LogP contribution >= 0.6 is 0 Å². The molecule has 1 atom stereocenters. The maximum Gasteiger partial charge on any atom is 0.332 e. The minimum atomic E-state index is -0.781. The lowest BCUT2D eigenvalue weighted by Gasteiger charge is -2.27. The van der Waals surface area contributed by atoms with Gasteiger partial charge in [-0.2, -0.15) is 0 Å². The van der Waals surface area contributed by atoms with E-state index in [0.29, 0.717) is 38.0 Å². The van der Waals surface area contributed by atoms with E-state index in [4.69, 9.17) is 11.3 Å². The second-order valence-electron chi connectivity index (χ2n) is 4.07. The zero-order chi connectivity index (χ0) is 11.1. The number of nitrogens with zero attached hydrogens (tertiary/aromatic N) is 1. The maximum absolute atomic E-state index is 11.9. The summed E-state index contributed by atoms with van der Waals surface area (Å²) in [6.07, 6.45) is 1.41. The summed E-state index contributed by atoms with van der Waals surface area (Å²) in [5.74, 6) is -0.306. The Morgan fingerprint density at radius 3 is 3.07 bits per heavy atom. The molecule has 1 amide bonds. The normalized spacial score (nSPS) is 29.5. The molecule has 0 N–H and O–H groups in total. The molecule has 0 unspecified atom stereocenters. The smallest absolute Gasteiger partial charge is 0.332 e. The molecule has 0 spiro atoms. The predicted molar refractivity (Wildman–Crippen MR) is 52.7 cm³/mol. The molecule has 0 aromatic heterocycles. The molecule has 2 rings (SSSR count). The van der Waals surface area contributed by atoms with Gasteiger partial charge in [-0.3, -0.25) is 4.79 Å². The summed E-state index contributed by atoms with van der Waals surface area (Å²) >= 11 is 0. The number of esters is 1. The largest absolute Gasteiger partial charge is 0.464 e. The van der Waals surface area contributed by atoms with E-state index >= 15 is 0 Å². The van der Waals surface area contributed by atoms with Crippen LogP contribution in [0.3, 0.4) is 0 Å². The lowest BCUT2D eigenvalue weighted by molar-refractivity contribution is -0.157. The quantitative estimate of drug-likeness (QED) is 0.495. The molecule has 0 aliphatic carbocycles. The van der Waals surface area contributed by atoms with E-state index in [1.54, 1.807) is 11.8 Å². The summed E-state index contributed by atoms with van der Waals surface area (Å²) in [6, 6.07) is 0. The Morgan fingerprint density at radius 2 is 2.40 bits per heavy atom. The van der Waals surface area contributed by atoms with Crippen molar-refractivity contribution in [2.24, 2.45) is 0 Å². The monoisotopic (exact) mass is 208 g/mol. The van der Waals surface area contributed by atoms with E-state index in [-0.39, 0.29) is 11.9 Å². The van der Waals surface area contributed by atoms with Gasteiger partial charge < -0.3 is 9.64 Å². The Balaban J connectivity index is 2.28. The fourth-order valence-electron chi connectivity index (χ4n) is 2.43. The second-order valence-corrected chi connectivity index (χ2v) is 4.07. The van der Waals surface area contributed by atoms with Crippen LogP contribution < -0.4 is 0 Å². The van der Waals surface area contributed by atoms with E-state index in [2.05, 4.69) is 0 Å². The Labute approximate surface area is 88.9 Å². The Kier molecular flexibility index (Phi) is 2.24. The molecule has 0 bridgehead atoms. The zero-order valence-electron chi connectivity index (χ0n) is 8.78. The van der Waals surface area contributed by atoms with Gasteiger partial charge in [0.25, 0.3) is 0 Å². The third-order valence-electron chi connectivity index (χ3n) is 3.11. The summed E-state index contributed by atoms with van der Waals surface area (Å²) in [4.78, 5) is 25.0. The summed E-state index contributed by atoms with van der Waals surface area (Å²) in [5, 5.41) is 0. The summed E-state index contributed by atoms with van der Waals surface area (Å²) in [5.41, 5.74) is -0.0897. The van der Waals surface area contributed by atoms with Gasteiger partial charge in [0.2, 0.25) is 12.5 Å². The lowest BCUT2D eigenvalue weighted by atomic mass is 9.93. The Hall–Kier alpha value is -1.41. The molecular formula is C11H14NO3+. The third kappa shape index (κ3) is 1.33. The molecule has 0 aromatic rings. The van der Waals surface area contributed by atoms with Gasteiger partial charge in [0.15, 0.2) is 5.57 Å². The first-order valence-electron chi connectivity index (χ1n) is 5.18. The average molecular weight is 208 g/mol. The van der Waals surface area contributed by atoms with Crippen molar-refractivity contribution < 1.29 is 14.3 Å². The number of carbonyl (C=O) groups excluding carboxylic acids is 2. The van der Waals surface area contributed by atoms with Crippen molar-refractivity contribution in [3.63, 3.8) is 0 Å². The topological polar surface area (TPSA) is 46.6 Å². The van der Waals surface area contributed by atoms with Crippen molar-refractivity contribution in [1.29, 1.82) is 0 Å². The first kappa shape index (κ1) is 10.1. The highest BCUT2D eigenvalue weighted by Crippen LogP contribution is 2.42. The SMILES string of the molecule is [CH+]=C1CN2C(=O)CC[C@]2(C(=O)OCC)C1. The second kappa shape index (κ2) is 3.31. The van der Waals surface area contributed by atoms with Gasteiger partial charge in [-0.25, -0.2) is 4.79 Å². The van der Waals surface area contributed by atoms with Crippen molar-refractivity contribution in [2.75, 3.05) is 13.2 Å². The van der Waals surface area contributed by atoms with Crippen LogP contribution in [0.4, 0.5) is 0 Å².